The van der Waals surface area contributed by atoms with Gasteiger partial charge < -0.3 is 5.32 Å². The van der Waals surface area contributed by atoms with Gasteiger partial charge >= 0.3 is 0 Å². The van der Waals surface area contributed by atoms with Crippen molar-refractivity contribution in [1.82, 2.24) is 5.32 Å². The predicted octanol–water partition coefficient (Wildman–Crippen LogP) is 3.90. The maximum Gasteiger partial charge on any atom is 0.221 e. The molecule has 98 valence electrons. The van der Waals surface area contributed by atoms with Gasteiger partial charge in [0.1, 0.15) is 0 Å². The fourth-order valence-corrected chi connectivity index (χ4v) is 3.58. The molecule has 0 aromatic carbocycles. The molecule has 1 aliphatic carbocycles. The number of carbonyl (C=O) groups is 1. The molecule has 1 heterocycles. The topological polar surface area (TPSA) is 29.1 Å². The molecule has 2 nitrogen and oxygen atoms in total. The lowest BCUT2D eigenvalue weighted by atomic mass is 10.0. The Morgan fingerprint density at radius 3 is 2.89 bits per heavy atom. The van der Waals surface area contributed by atoms with E-state index in [9.17, 15) is 4.79 Å². The van der Waals surface area contributed by atoms with Crippen LogP contribution >= 0.6 is 11.3 Å². The second kappa shape index (κ2) is 5.70. The van der Waals surface area contributed by atoms with E-state index < -0.39 is 0 Å². The van der Waals surface area contributed by atoms with E-state index in [1.54, 1.807) is 11.3 Å². The van der Waals surface area contributed by atoms with Gasteiger partial charge in [-0.2, -0.15) is 0 Å². The summed E-state index contributed by atoms with van der Waals surface area (Å²) in [5.74, 6) is 0.616. The van der Waals surface area contributed by atoms with Gasteiger partial charge in [0, 0.05) is 16.2 Å². The van der Waals surface area contributed by atoms with Gasteiger partial charge in [0.25, 0.3) is 0 Å². The SMILES string of the molecule is Cc1cc([C@H](C)NC(=O)C[C@H]2C=CCC2)c(C)s1. The largest absolute Gasteiger partial charge is 0.350 e. The molecule has 2 atom stereocenters. The minimum Gasteiger partial charge on any atom is -0.350 e. The first-order chi connectivity index (χ1) is 8.56. The van der Waals surface area contributed by atoms with Crippen molar-refractivity contribution < 1.29 is 4.79 Å². The first-order valence-corrected chi connectivity index (χ1v) is 7.41. The molecule has 0 spiro atoms. The Morgan fingerprint density at radius 1 is 1.56 bits per heavy atom. The summed E-state index contributed by atoms with van der Waals surface area (Å²) in [5, 5.41) is 3.11. The van der Waals surface area contributed by atoms with Crippen LogP contribution in [0.1, 0.15) is 47.5 Å². The monoisotopic (exact) mass is 263 g/mol. The molecule has 1 aliphatic rings. The molecule has 0 unspecified atom stereocenters. The van der Waals surface area contributed by atoms with Crippen LogP contribution in [-0.2, 0) is 4.79 Å². The van der Waals surface area contributed by atoms with Crippen molar-refractivity contribution in [2.45, 2.75) is 46.1 Å². The molecule has 1 aromatic rings. The second-order valence-electron chi connectivity index (χ2n) is 5.13. The zero-order chi connectivity index (χ0) is 13.1. The lowest BCUT2D eigenvalue weighted by Gasteiger charge is -2.15. The van der Waals surface area contributed by atoms with Gasteiger partial charge in [-0.1, -0.05) is 12.2 Å². The van der Waals surface area contributed by atoms with Crippen molar-refractivity contribution in [3.63, 3.8) is 0 Å². The average molecular weight is 263 g/mol. The van der Waals surface area contributed by atoms with Crippen molar-refractivity contribution in [2.75, 3.05) is 0 Å². The number of nitrogens with one attached hydrogen (secondary N) is 1. The quantitative estimate of drug-likeness (QED) is 0.820. The smallest absolute Gasteiger partial charge is 0.221 e. The van der Waals surface area contributed by atoms with Gasteiger partial charge in [0.2, 0.25) is 5.91 Å². The maximum atomic E-state index is 12.0. The summed E-state index contributed by atoms with van der Waals surface area (Å²) < 4.78 is 0. The fourth-order valence-electron chi connectivity index (χ4n) is 2.56. The highest BCUT2D eigenvalue weighted by Gasteiger charge is 2.17. The van der Waals surface area contributed by atoms with Gasteiger partial charge in [0.05, 0.1) is 6.04 Å². The zero-order valence-corrected chi connectivity index (χ0v) is 12.1. The molecule has 1 N–H and O–H groups in total. The normalized spacial score (nSPS) is 20.1. The van der Waals surface area contributed by atoms with Crippen LogP contribution in [0.2, 0.25) is 0 Å². The summed E-state index contributed by atoms with van der Waals surface area (Å²) in [4.78, 5) is 14.6. The van der Waals surface area contributed by atoms with Crippen LogP contribution in [0.4, 0.5) is 0 Å². The third-order valence-corrected chi connectivity index (χ3v) is 4.47. The summed E-state index contributed by atoms with van der Waals surface area (Å²) in [7, 11) is 0. The lowest BCUT2D eigenvalue weighted by Crippen LogP contribution is -2.27. The number of carbonyl (C=O) groups excluding carboxylic acids is 1. The van der Waals surface area contributed by atoms with Crippen molar-refractivity contribution in [2.24, 2.45) is 5.92 Å². The molecular weight excluding hydrogens is 242 g/mol. The summed E-state index contributed by atoms with van der Waals surface area (Å²) in [6.45, 7) is 6.30. The molecule has 1 aromatic heterocycles. The van der Waals surface area contributed by atoms with E-state index >= 15 is 0 Å². The molecule has 1 amide bonds. The molecule has 0 saturated carbocycles. The number of rotatable bonds is 4. The van der Waals surface area contributed by atoms with Crippen LogP contribution < -0.4 is 5.32 Å². The molecule has 2 rings (SSSR count). The van der Waals surface area contributed by atoms with Gasteiger partial charge in [-0.3, -0.25) is 4.79 Å². The Balaban J connectivity index is 1.90. The van der Waals surface area contributed by atoms with Crippen molar-refractivity contribution in [3.8, 4) is 0 Å². The van der Waals surface area contributed by atoms with Crippen LogP contribution in [0.3, 0.4) is 0 Å². The molecule has 0 fully saturated rings. The number of thiophene rings is 1. The molecule has 0 radical (unpaired) electrons. The Hall–Kier alpha value is -1.09. The molecular formula is C15H21NOS. The average Bonchev–Trinajstić information content (AvgIpc) is 2.88. The van der Waals surface area contributed by atoms with Crippen molar-refractivity contribution in [3.05, 3.63) is 33.5 Å². The maximum absolute atomic E-state index is 12.0. The summed E-state index contributed by atoms with van der Waals surface area (Å²) in [6.07, 6.45) is 7.22. The Bertz CT molecular complexity index is 461. The first-order valence-electron chi connectivity index (χ1n) is 6.59. The molecule has 0 saturated heterocycles. The highest BCUT2D eigenvalue weighted by Crippen LogP contribution is 2.26. The van der Waals surface area contributed by atoms with Gasteiger partial charge in [0.15, 0.2) is 0 Å². The van der Waals surface area contributed by atoms with E-state index in [4.69, 9.17) is 0 Å². The van der Waals surface area contributed by atoms with E-state index in [0.717, 1.165) is 12.8 Å². The predicted molar refractivity (Wildman–Crippen MR) is 76.8 cm³/mol. The summed E-state index contributed by atoms with van der Waals surface area (Å²) >= 11 is 1.80. The van der Waals surface area contributed by atoms with E-state index in [1.807, 2.05) is 0 Å². The van der Waals surface area contributed by atoms with Gasteiger partial charge in [-0.15, -0.1) is 11.3 Å². The molecule has 0 aliphatic heterocycles. The van der Waals surface area contributed by atoms with Gasteiger partial charge in [-0.25, -0.2) is 0 Å². The van der Waals surface area contributed by atoms with Crippen molar-refractivity contribution in [1.29, 1.82) is 0 Å². The number of amides is 1. The third-order valence-electron chi connectivity index (χ3n) is 3.48. The first kappa shape index (κ1) is 13.3. The highest BCUT2D eigenvalue weighted by atomic mass is 32.1. The van der Waals surface area contributed by atoms with E-state index in [2.05, 4.69) is 44.3 Å². The highest BCUT2D eigenvalue weighted by molar-refractivity contribution is 7.12. The number of hydrogen-bond donors (Lipinski definition) is 1. The van der Waals surface area contributed by atoms with E-state index in [1.165, 1.54) is 15.3 Å². The number of hydrogen-bond acceptors (Lipinski definition) is 2. The molecule has 0 bridgehead atoms. The summed E-state index contributed by atoms with van der Waals surface area (Å²) in [6, 6.07) is 2.30. The zero-order valence-electron chi connectivity index (χ0n) is 11.3. The van der Waals surface area contributed by atoms with Crippen molar-refractivity contribution >= 4 is 17.2 Å². The van der Waals surface area contributed by atoms with Crippen LogP contribution in [0, 0.1) is 19.8 Å². The van der Waals surface area contributed by atoms with E-state index in [0.29, 0.717) is 12.3 Å². The Morgan fingerprint density at radius 2 is 2.33 bits per heavy atom. The van der Waals surface area contributed by atoms with Crippen LogP contribution in [0.5, 0.6) is 0 Å². The van der Waals surface area contributed by atoms with Crippen LogP contribution in [0.15, 0.2) is 18.2 Å². The summed E-state index contributed by atoms with van der Waals surface area (Å²) in [5.41, 5.74) is 1.26. The number of aryl methyl sites for hydroxylation is 2. The Labute approximate surface area is 113 Å². The Kier molecular flexibility index (Phi) is 4.23. The van der Waals surface area contributed by atoms with Crippen LogP contribution in [-0.4, -0.2) is 5.91 Å². The standard InChI is InChI=1S/C15H21NOS/c1-10-8-14(12(3)18-10)11(2)16-15(17)9-13-6-4-5-7-13/h4,6,8,11,13H,5,7,9H2,1-3H3,(H,16,17)/t11-,13-/m0/s1. The number of allylic oxidation sites excluding steroid dienone is 2. The second-order valence-corrected chi connectivity index (χ2v) is 6.59. The molecule has 18 heavy (non-hydrogen) atoms. The molecule has 3 heteroatoms. The fraction of sp³-hybridized carbons (Fsp3) is 0.533. The minimum absolute atomic E-state index is 0.118. The third kappa shape index (κ3) is 3.22. The van der Waals surface area contributed by atoms with E-state index in [-0.39, 0.29) is 11.9 Å². The minimum atomic E-state index is 0.118. The van der Waals surface area contributed by atoms with Gasteiger partial charge in [-0.05, 0) is 51.2 Å². The van der Waals surface area contributed by atoms with Crippen LogP contribution in [0.25, 0.3) is 0 Å². The lowest BCUT2D eigenvalue weighted by molar-refractivity contribution is -0.122.